The molecule has 0 heterocycles. The van der Waals surface area contributed by atoms with Crippen molar-refractivity contribution in [3.05, 3.63) is 64.7 Å². The van der Waals surface area contributed by atoms with Crippen LogP contribution in [0.25, 0.3) is 0 Å². The van der Waals surface area contributed by atoms with Gasteiger partial charge in [0.1, 0.15) is 0 Å². The average molecular weight is 286 g/mol. The predicted octanol–water partition coefficient (Wildman–Crippen LogP) is 5.47. The van der Waals surface area contributed by atoms with Gasteiger partial charge in [-0.05, 0) is 53.6 Å². The fourth-order valence-corrected chi connectivity index (χ4v) is 3.18. The maximum atomic E-state index is 5.96. The summed E-state index contributed by atoms with van der Waals surface area (Å²) in [5.74, 6) is 0. The first-order valence-electron chi connectivity index (χ1n) is 7.16. The molecule has 0 spiro atoms. The molecule has 2 aromatic carbocycles. The molecule has 104 valence electrons. The highest BCUT2D eigenvalue weighted by Crippen LogP contribution is 2.45. The Labute approximate surface area is 126 Å². The van der Waals surface area contributed by atoms with E-state index in [-0.39, 0.29) is 5.41 Å². The van der Waals surface area contributed by atoms with Crippen molar-refractivity contribution in [2.24, 2.45) is 5.41 Å². The van der Waals surface area contributed by atoms with Crippen LogP contribution in [-0.2, 0) is 6.42 Å². The number of nitrogens with one attached hydrogen (secondary N) is 1. The van der Waals surface area contributed by atoms with Gasteiger partial charge in [0.25, 0.3) is 0 Å². The maximum Gasteiger partial charge on any atom is 0.0567 e. The van der Waals surface area contributed by atoms with Crippen LogP contribution < -0.4 is 5.32 Å². The van der Waals surface area contributed by atoms with Crippen LogP contribution in [0.3, 0.4) is 0 Å². The Bertz CT molecular complexity index is 601. The number of rotatable bonds is 2. The normalized spacial score (nSPS) is 20.2. The summed E-state index contributed by atoms with van der Waals surface area (Å²) in [7, 11) is 0. The van der Waals surface area contributed by atoms with E-state index in [1.54, 1.807) is 0 Å². The van der Waals surface area contributed by atoms with Crippen LogP contribution >= 0.6 is 11.6 Å². The summed E-state index contributed by atoms with van der Waals surface area (Å²) in [6.07, 6.45) is 2.37. The molecular weight excluding hydrogens is 266 g/mol. The van der Waals surface area contributed by atoms with Gasteiger partial charge in [-0.3, -0.25) is 0 Å². The number of benzene rings is 2. The molecule has 1 atom stereocenters. The molecule has 0 aliphatic heterocycles. The Kier molecular flexibility index (Phi) is 3.47. The third kappa shape index (κ3) is 2.55. The van der Waals surface area contributed by atoms with Crippen molar-refractivity contribution in [2.75, 3.05) is 5.32 Å². The zero-order valence-corrected chi connectivity index (χ0v) is 12.7. The van der Waals surface area contributed by atoms with Gasteiger partial charge >= 0.3 is 0 Å². The first-order chi connectivity index (χ1) is 9.56. The molecule has 0 saturated heterocycles. The molecule has 0 amide bonds. The topological polar surface area (TPSA) is 12.0 Å². The Balaban J connectivity index is 1.95. The minimum Gasteiger partial charge on any atom is -0.378 e. The largest absolute Gasteiger partial charge is 0.378 e. The summed E-state index contributed by atoms with van der Waals surface area (Å²) >= 11 is 5.96. The molecule has 0 radical (unpaired) electrons. The van der Waals surface area contributed by atoms with Crippen molar-refractivity contribution in [3.63, 3.8) is 0 Å². The molecule has 20 heavy (non-hydrogen) atoms. The van der Waals surface area contributed by atoms with Crippen molar-refractivity contribution in [3.8, 4) is 0 Å². The number of fused-ring (bicyclic) bond motifs is 1. The molecule has 0 saturated carbocycles. The summed E-state index contributed by atoms with van der Waals surface area (Å²) < 4.78 is 0. The van der Waals surface area contributed by atoms with Gasteiger partial charge in [-0.1, -0.05) is 49.7 Å². The molecule has 1 N–H and O–H groups in total. The second kappa shape index (κ2) is 5.14. The number of hydrogen-bond donors (Lipinski definition) is 1. The smallest absolute Gasteiger partial charge is 0.0567 e. The second-order valence-corrected chi connectivity index (χ2v) is 6.71. The molecule has 1 unspecified atom stereocenters. The highest BCUT2D eigenvalue weighted by molar-refractivity contribution is 6.30. The molecule has 0 aromatic heterocycles. The Hall–Kier alpha value is -1.47. The van der Waals surface area contributed by atoms with Crippen LogP contribution in [0.4, 0.5) is 5.69 Å². The molecular formula is C18H20ClN. The van der Waals surface area contributed by atoms with Crippen LogP contribution in [0.5, 0.6) is 0 Å². The first kappa shape index (κ1) is 13.5. The highest BCUT2D eigenvalue weighted by atomic mass is 35.5. The zero-order chi connectivity index (χ0) is 14.2. The Morgan fingerprint density at radius 3 is 2.50 bits per heavy atom. The molecule has 2 aromatic rings. The van der Waals surface area contributed by atoms with Crippen LogP contribution in [0.2, 0.25) is 5.02 Å². The van der Waals surface area contributed by atoms with E-state index in [0.29, 0.717) is 6.04 Å². The number of aryl methyl sites for hydroxylation is 1. The zero-order valence-electron chi connectivity index (χ0n) is 12.0. The van der Waals surface area contributed by atoms with Crippen molar-refractivity contribution in [2.45, 2.75) is 32.7 Å². The summed E-state index contributed by atoms with van der Waals surface area (Å²) in [4.78, 5) is 0. The highest BCUT2D eigenvalue weighted by Gasteiger charge is 2.35. The lowest BCUT2D eigenvalue weighted by Gasteiger charge is -2.41. The van der Waals surface area contributed by atoms with E-state index in [2.05, 4.69) is 55.6 Å². The van der Waals surface area contributed by atoms with Gasteiger partial charge in [0.05, 0.1) is 6.04 Å². The van der Waals surface area contributed by atoms with E-state index < -0.39 is 0 Å². The standard InChI is InChI=1S/C18H20ClN/c1-18(2)12-11-13-5-3-4-6-16(13)17(18)20-15-9-7-14(19)8-10-15/h3-10,17,20H,11-12H2,1-2H3. The molecule has 0 bridgehead atoms. The predicted molar refractivity (Wildman–Crippen MR) is 86.4 cm³/mol. The first-order valence-corrected chi connectivity index (χ1v) is 7.54. The minimum atomic E-state index is 0.244. The second-order valence-electron chi connectivity index (χ2n) is 6.27. The van der Waals surface area contributed by atoms with Crippen molar-refractivity contribution in [1.82, 2.24) is 0 Å². The van der Waals surface area contributed by atoms with Gasteiger partial charge in [0, 0.05) is 10.7 Å². The lowest BCUT2D eigenvalue weighted by atomic mass is 9.70. The van der Waals surface area contributed by atoms with Crippen molar-refractivity contribution < 1.29 is 0 Å². The van der Waals surface area contributed by atoms with Crippen molar-refractivity contribution >= 4 is 17.3 Å². The van der Waals surface area contributed by atoms with E-state index in [0.717, 1.165) is 10.7 Å². The molecule has 2 heteroatoms. The molecule has 1 aliphatic carbocycles. The summed E-state index contributed by atoms with van der Waals surface area (Å²) in [5.41, 5.74) is 4.27. The summed E-state index contributed by atoms with van der Waals surface area (Å²) in [5, 5.41) is 4.47. The fourth-order valence-electron chi connectivity index (χ4n) is 3.05. The Morgan fingerprint density at radius 2 is 1.75 bits per heavy atom. The van der Waals surface area contributed by atoms with Gasteiger partial charge in [0.15, 0.2) is 0 Å². The summed E-state index contributed by atoms with van der Waals surface area (Å²) in [6, 6.07) is 17.1. The van der Waals surface area contributed by atoms with Gasteiger partial charge in [-0.2, -0.15) is 0 Å². The van der Waals surface area contributed by atoms with Crippen LogP contribution in [-0.4, -0.2) is 0 Å². The quantitative estimate of drug-likeness (QED) is 0.772. The third-order valence-electron chi connectivity index (χ3n) is 4.34. The monoisotopic (exact) mass is 285 g/mol. The number of hydrogen-bond acceptors (Lipinski definition) is 1. The number of anilines is 1. The van der Waals surface area contributed by atoms with E-state index in [1.165, 1.54) is 24.0 Å². The van der Waals surface area contributed by atoms with Gasteiger partial charge in [-0.25, -0.2) is 0 Å². The van der Waals surface area contributed by atoms with Gasteiger partial charge in [0.2, 0.25) is 0 Å². The molecule has 0 fully saturated rings. The molecule has 1 aliphatic rings. The lowest BCUT2D eigenvalue weighted by Crippen LogP contribution is -2.33. The maximum absolute atomic E-state index is 5.96. The van der Waals surface area contributed by atoms with Gasteiger partial charge in [-0.15, -0.1) is 0 Å². The summed E-state index contributed by atoms with van der Waals surface area (Å²) in [6.45, 7) is 4.69. The van der Waals surface area contributed by atoms with E-state index in [1.807, 2.05) is 12.1 Å². The van der Waals surface area contributed by atoms with Crippen LogP contribution in [0.1, 0.15) is 37.4 Å². The van der Waals surface area contributed by atoms with Crippen LogP contribution in [0, 0.1) is 5.41 Å². The van der Waals surface area contributed by atoms with Gasteiger partial charge < -0.3 is 5.32 Å². The Morgan fingerprint density at radius 1 is 1.05 bits per heavy atom. The van der Waals surface area contributed by atoms with Crippen molar-refractivity contribution in [1.29, 1.82) is 0 Å². The molecule has 3 rings (SSSR count). The lowest BCUT2D eigenvalue weighted by molar-refractivity contribution is 0.265. The van der Waals surface area contributed by atoms with Crippen LogP contribution in [0.15, 0.2) is 48.5 Å². The number of halogens is 1. The third-order valence-corrected chi connectivity index (χ3v) is 4.59. The molecule has 1 nitrogen and oxygen atoms in total. The SMILES string of the molecule is CC1(C)CCc2ccccc2C1Nc1ccc(Cl)cc1. The minimum absolute atomic E-state index is 0.244. The van der Waals surface area contributed by atoms with E-state index in [4.69, 9.17) is 11.6 Å². The van der Waals surface area contributed by atoms with E-state index >= 15 is 0 Å². The fraction of sp³-hybridized carbons (Fsp3) is 0.333. The van der Waals surface area contributed by atoms with E-state index in [9.17, 15) is 0 Å². The average Bonchev–Trinajstić information content (AvgIpc) is 2.44.